The SMILES string of the molecule is COc1ccc(-c2cnc(SCC(=O)NC[C@](Cc3ccc(Cl)c(Cl)c3)(C3CCCN3)S(C)(=O)=O)nc2)cc1OC. The maximum absolute atomic E-state index is 13.3. The van der Waals surface area contributed by atoms with Crippen molar-refractivity contribution in [2.24, 2.45) is 0 Å². The van der Waals surface area contributed by atoms with Gasteiger partial charge in [-0.25, -0.2) is 18.4 Å². The van der Waals surface area contributed by atoms with Crippen LogP contribution in [0.2, 0.25) is 10.0 Å². The minimum absolute atomic E-state index is 0.0282. The van der Waals surface area contributed by atoms with Crippen molar-refractivity contribution in [2.45, 2.75) is 35.2 Å². The van der Waals surface area contributed by atoms with E-state index in [0.29, 0.717) is 39.7 Å². The third-order valence-corrected chi connectivity index (χ3v) is 10.8. The summed E-state index contributed by atoms with van der Waals surface area (Å²) in [6.07, 6.45) is 6.27. The Morgan fingerprint density at radius 2 is 1.80 bits per heavy atom. The second kappa shape index (κ2) is 13.6. The molecule has 1 aliphatic heterocycles. The van der Waals surface area contributed by atoms with Crippen LogP contribution < -0.4 is 20.1 Å². The summed E-state index contributed by atoms with van der Waals surface area (Å²) in [6.45, 7) is 0.659. The highest BCUT2D eigenvalue weighted by atomic mass is 35.5. The zero-order valence-electron chi connectivity index (χ0n) is 22.9. The number of carbonyl (C=O) groups excluding carboxylic acids is 1. The minimum atomic E-state index is -3.64. The number of hydrogen-bond donors (Lipinski definition) is 2. The Hall–Kier alpha value is -2.57. The van der Waals surface area contributed by atoms with Gasteiger partial charge in [-0.3, -0.25) is 4.79 Å². The molecule has 4 rings (SSSR count). The third-order valence-electron chi connectivity index (χ3n) is 7.18. The van der Waals surface area contributed by atoms with E-state index in [1.54, 1.807) is 50.9 Å². The Bertz CT molecular complexity index is 1490. The summed E-state index contributed by atoms with van der Waals surface area (Å²) >= 11 is 13.5. The fraction of sp³-hybridized carbons (Fsp3) is 0.393. The fourth-order valence-electron chi connectivity index (χ4n) is 4.94. The van der Waals surface area contributed by atoms with E-state index >= 15 is 0 Å². The molecule has 0 spiro atoms. The standard InChI is InChI=1S/C28H32Cl2N4O5S2/c1-38-23-9-7-19(12-24(23)39-2)20-14-32-27(33-15-20)40-16-26(35)34-17-28(41(3,36)37,25-5-4-10-31-25)13-18-6-8-21(29)22(30)11-18/h6-9,11-12,14-15,25,31H,4-5,10,13,16-17H2,1-3H3,(H,34,35)/t25?,28-/m1/s1. The number of ether oxygens (including phenoxy) is 2. The van der Waals surface area contributed by atoms with Crippen molar-refractivity contribution in [3.05, 3.63) is 64.4 Å². The van der Waals surface area contributed by atoms with Crippen molar-refractivity contribution >= 4 is 50.7 Å². The van der Waals surface area contributed by atoms with Gasteiger partial charge in [0.25, 0.3) is 0 Å². The number of nitrogens with one attached hydrogen (secondary N) is 2. The quantitative estimate of drug-likeness (QED) is 0.219. The Balaban J connectivity index is 1.44. The topological polar surface area (TPSA) is 120 Å². The Morgan fingerprint density at radius 3 is 2.41 bits per heavy atom. The molecule has 13 heteroatoms. The number of methoxy groups -OCH3 is 2. The summed E-state index contributed by atoms with van der Waals surface area (Å²) in [5, 5.41) is 7.37. The molecule has 220 valence electrons. The molecule has 1 amide bonds. The molecule has 0 radical (unpaired) electrons. The van der Waals surface area contributed by atoms with E-state index in [1.807, 2.05) is 12.1 Å². The molecule has 1 aliphatic rings. The van der Waals surface area contributed by atoms with E-state index in [0.717, 1.165) is 23.1 Å². The maximum Gasteiger partial charge on any atom is 0.230 e. The average molecular weight is 640 g/mol. The molecule has 2 atom stereocenters. The lowest BCUT2D eigenvalue weighted by Gasteiger charge is -2.38. The summed E-state index contributed by atoms with van der Waals surface area (Å²) in [7, 11) is -0.492. The van der Waals surface area contributed by atoms with Crippen LogP contribution >= 0.6 is 35.0 Å². The lowest BCUT2D eigenvalue weighted by molar-refractivity contribution is -0.118. The van der Waals surface area contributed by atoms with Crippen LogP contribution in [0.4, 0.5) is 0 Å². The van der Waals surface area contributed by atoms with Crippen LogP contribution in [-0.4, -0.2) is 74.4 Å². The molecule has 1 fully saturated rings. The zero-order valence-corrected chi connectivity index (χ0v) is 26.1. The number of rotatable bonds is 12. The number of halogens is 2. The summed E-state index contributed by atoms with van der Waals surface area (Å²) in [4.78, 5) is 21.7. The number of benzene rings is 2. The second-order valence-electron chi connectivity index (χ2n) is 9.80. The van der Waals surface area contributed by atoms with Gasteiger partial charge in [0.15, 0.2) is 26.5 Å². The highest BCUT2D eigenvalue weighted by Gasteiger charge is 2.49. The second-order valence-corrected chi connectivity index (χ2v) is 13.9. The van der Waals surface area contributed by atoms with E-state index in [2.05, 4.69) is 20.6 Å². The molecule has 3 aromatic rings. The van der Waals surface area contributed by atoms with Gasteiger partial charge in [-0.15, -0.1) is 0 Å². The summed E-state index contributed by atoms with van der Waals surface area (Å²) in [5.74, 6) is 0.927. The number of sulfone groups is 1. The van der Waals surface area contributed by atoms with Crippen LogP contribution in [0.5, 0.6) is 11.5 Å². The van der Waals surface area contributed by atoms with Crippen molar-refractivity contribution in [3.8, 4) is 22.6 Å². The van der Waals surface area contributed by atoms with Crippen molar-refractivity contribution in [1.82, 2.24) is 20.6 Å². The molecule has 1 aromatic heterocycles. The van der Waals surface area contributed by atoms with Crippen LogP contribution in [0.1, 0.15) is 18.4 Å². The predicted octanol–water partition coefficient (Wildman–Crippen LogP) is 4.45. The molecule has 41 heavy (non-hydrogen) atoms. The lowest BCUT2D eigenvalue weighted by Crippen LogP contribution is -2.60. The van der Waals surface area contributed by atoms with Crippen LogP contribution in [0.3, 0.4) is 0 Å². The summed E-state index contributed by atoms with van der Waals surface area (Å²) in [5.41, 5.74) is 2.37. The molecule has 2 aromatic carbocycles. The summed E-state index contributed by atoms with van der Waals surface area (Å²) in [6, 6.07) is 10.3. The van der Waals surface area contributed by atoms with Crippen LogP contribution in [0.15, 0.2) is 53.9 Å². The van der Waals surface area contributed by atoms with Gasteiger partial charge >= 0.3 is 0 Å². The molecule has 2 N–H and O–H groups in total. The highest BCUT2D eigenvalue weighted by molar-refractivity contribution is 7.99. The maximum atomic E-state index is 13.3. The largest absolute Gasteiger partial charge is 0.493 e. The Labute approximate surface area is 254 Å². The van der Waals surface area contributed by atoms with Crippen molar-refractivity contribution in [3.63, 3.8) is 0 Å². The highest BCUT2D eigenvalue weighted by Crippen LogP contribution is 2.34. The first-order valence-electron chi connectivity index (χ1n) is 12.9. The first-order chi connectivity index (χ1) is 19.6. The number of nitrogens with zero attached hydrogens (tertiary/aromatic N) is 2. The van der Waals surface area contributed by atoms with Gasteiger partial charge < -0.3 is 20.1 Å². The first-order valence-corrected chi connectivity index (χ1v) is 16.5. The predicted molar refractivity (Wildman–Crippen MR) is 163 cm³/mol. The van der Waals surface area contributed by atoms with Gasteiger partial charge in [-0.05, 0) is 61.2 Å². The normalized spacial score (nSPS) is 16.7. The van der Waals surface area contributed by atoms with E-state index in [4.69, 9.17) is 32.7 Å². The van der Waals surface area contributed by atoms with Crippen molar-refractivity contribution in [2.75, 3.05) is 39.3 Å². The van der Waals surface area contributed by atoms with E-state index in [1.165, 1.54) is 18.0 Å². The molecule has 0 saturated carbocycles. The molecular weight excluding hydrogens is 607 g/mol. The molecule has 1 saturated heterocycles. The molecular formula is C28H32Cl2N4O5S2. The van der Waals surface area contributed by atoms with Gasteiger partial charge in [0, 0.05) is 36.8 Å². The van der Waals surface area contributed by atoms with Gasteiger partial charge in [0.2, 0.25) is 5.91 Å². The molecule has 0 aliphatic carbocycles. The lowest BCUT2D eigenvalue weighted by atomic mass is 9.89. The zero-order chi connectivity index (χ0) is 29.6. The van der Waals surface area contributed by atoms with Crippen LogP contribution in [-0.2, 0) is 21.1 Å². The Morgan fingerprint density at radius 1 is 1.07 bits per heavy atom. The smallest absolute Gasteiger partial charge is 0.230 e. The number of thioether (sulfide) groups is 1. The van der Waals surface area contributed by atoms with Gasteiger partial charge in [-0.2, -0.15) is 0 Å². The van der Waals surface area contributed by atoms with Crippen LogP contribution in [0.25, 0.3) is 11.1 Å². The number of hydrogen-bond acceptors (Lipinski definition) is 9. The first kappa shape index (κ1) is 31.4. The van der Waals surface area contributed by atoms with Gasteiger partial charge in [0.05, 0.1) is 30.0 Å². The fourth-order valence-corrected chi connectivity index (χ4v) is 7.36. The van der Waals surface area contributed by atoms with Crippen molar-refractivity contribution < 1.29 is 22.7 Å². The van der Waals surface area contributed by atoms with Gasteiger partial charge in [0.1, 0.15) is 4.75 Å². The average Bonchev–Trinajstić information content (AvgIpc) is 3.51. The Kier molecular flexibility index (Phi) is 10.4. The molecule has 9 nitrogen and oxygen atoms in total. The van der Waals surface area contributed by atoms with Crippen LogP contribution in [0, 0.1) is 0 Å². The summed E-state index contributed by atoms with van der Waals surface area (Å²) < 4.78 is 36.0. The third kappa shape index (κ3) is 7.45. The van der Waals surface area contributed by atoms with E-state index in [-0.39, 0.29) is 30.7 Å². The molecule has 2 heterocycles. The number of aromatic nitrogens is 2. The molecule has 0 bridgehead atoms. The number of carbonyl (C=O) groups is 1. The van der Waals surface area contributed by atoms with E-state index < -0.39 is 14.6 Å². The monoisotopic (exact) mass is 638 g/mol. The minimum Gasteiger partial charge on any atom is -0.493 e. The number of amides is 1. The van der Waals surface area contributed by atoms with Crippen molar-refractivity contribution in [1.29, 1.82) is 0 Å². The van der Waals surface area contributed by atoms with Gasteiger partial charge in [-0.1, -0.05) is 47.1 Å². The van der Waals surface area contributed by atoms with E-state index in [9.17, 15) is 13.2 Å². The molecule has 1 unspecified atom stereocenters.